The molecule has 4 aliphatic rings. The van der Waals surface area contributed by atoms with E-state index in [2.05, 4.69) is 50.4 Å². The molecule has 0 radical (unpaired) electrons. The van der Waals surface area contributed by atoms with Crippen LogP contribution < -0.4 is 16.0 Å². The van der Waals surface area contributed by atoms with Crippen LogP contribution in [0.3, 0.4) is 0 Å². The average Bonchev–Trinajstić information content (AvgIpc) is 3.70. The van der Waals surface area contributed by atoms with Gasteiger partial charge in [0.25, 0.3) is 5.91 Å². The number of amides is 1. The first kappa shape index (κ1) is 28.0. The van der Waals surface area contributed by atoms with E-state index >= 15 is 0 Å². The monoisotopic (exact) mass is 578 g/mol. The quantitative estimate of drug-likeness (QED) is 0.370. The summed E-state index contributed by atoms with van der Waals surface area (Å²) in [5.74, 6) is 1.56. The summed E-state index contributed by atoms with van der Waals surface area (Å²) >= 11 is 0. The number of nitrogens with one attached hydrogen (secondary N) is 1. The standard InChI is InChI=1S/C35H42N6O2/c36-34(43)32-35(38-27-13-11-23(12-14-27)24-15-18-40(19-16-24)28-8-2-3-9-28)39-31(21-37-32)41-17-5-7-26(22-41)30-20-25-6-1-4-10-29(25)33(30)42/h1,4,6,10-14,21,24,26,28,30H,2-3,5,7-9,15-20,22H2,(H2,36,43)(H,38,39)/t26-,30?/m1/s1. The molecule has 1 unspecified atom stereocenters. The Hall–Kier alpha value is -3.78. The number of primary amides is 1. The second kappa shape index (κ2) is 12.1. The van der Waals surface area contributed by atoms with E-state index in [1.54, 1.807) is 6.20 Å². The van der Waals surface area contributed by atoms with Crippen LogP contribution in [0.25, 0.3) is 0 Å². The number of piperidine rings is 2. The maximum atomic E-state index is 13.2. The predicted molar refractivity (Wildman–Crippen MR) is 169 cm³/mol. The zero-order valence-electron chi connectivity index (χ0n) is 24.9. The lowest BCUT2D eigenvalue weighted by Gasteiger charge is -2.36. The molecule has 3 heterocycles. The summed E-state index contributed by atoms with van der Waals surface area (Å²) in [4.78, 5) is 39.7. The molecular weight excluding hydrogens is 536 g/mol. The fourth-order valence-corrected chi connectivity index (χ4v) is 8.04. The molecule has 43 heavy (non-hydrogen) atoms. The Bertz CT molecular complexity index is 1480. The molecule has 224 valence electrons. The van der Waals surface area contributed by atoms with Gasteiger partial charge in [0.2, 0.25) is 0 Å². The molecule has 3 N–H and O–H groups in total. The van der Waals surface area contributed by atoms with Gasteiger partial charge in [0.05, 0.1) is 6.20 Å². The Morgan fingerprint density at radius 1 is 0.907 bits per heavy atom. The Balaban J connectivity index is 1.03. The molecule has 2 atom stereocenters. The number of nitrogens with zero attached hydrogens (tertiary/aromatic N) is 4. The summed E-state index contributed by atoms with van der Waals surface area (Å²) in [7, 11) is 0. The summed E-state index contributed by atoms with van der Waals surface area (Å²) < 4.78 is 0. The minimum Gasteiger partial charge on any atom is -0.364 e. The highest BCUT2D eigenvalue weighted by Gasteiger charge is 2.38. The predicted octanol–water partition coefficient (Wildman–Crippen LogP) is 5.71. The maximum absolute atomic E-state index is 13.2. The summed E-state index contributed by atoms with van der Waals surface area (Å²) in [5.41, 5.74) is 10.1. The van der Waals surface area contributed by atoms with Gasteiger partial charge in [-0.3, -0.25) is 9.59 Å². The Labute approximate surface area is 254 Å². The Kier molecular flexibility index (Phi) is 7.87. The van der Waals surface area contributed by atoms with Crippen LogP contribution in [0, 0.1) is 11.8 Å². The largest absolute Gasteiger partial charge is 0.364 e. The van der Waals surface area contributed by atoms with Crippen LogP contribution in [-0.4, -0.2) is 58.8 Å². The van der Waals surface area contributed by atoms with Crippen molar-refractivity contribution in [3.05, 3.63) is 77.1 Å². The van der Waals surface area contributed by atoms with Crippen molar-refractivity contribution < 1.29 is 9.59 Å². The van der Waals surface area contributed by atoms with E-state index in [0.29, 0.717) is 17.6 Å². The van der Waals surface area contributed by atoms with Gasteiger partial charge in [0.15, 0.2) is 17.3 Å². The Morgan fingerprint density at radius 3 is 2.42 bits per heavy atom. The maximum Gasteiger partial charge on any atom is 0.271 e. The van der Waals surface area contributed by atoms with Gasteiger partial charge in [-0.05, 0) is 93.1 Å². The normalized spacial score (nSPS) is 23.4. The van der Waals surface area contributed by atoms with Crippen molar-refractivity contribution in [2.24, 2.45) is 17.6 Å². The molecule has 1 aromatic heterocycles. The number of nitrogens with two attached hydrogens (primary N) is 1. The minimum atomic E-state index is -0.613. The molecule has 2 aromatic carbocycles. The number of carbonyl (C=O) groups is 2. The first-order chi connectivity index (χ1) is 21.0. The van der Waals surface area contributed by atoms with E-state index in [0.717, 1.165) is 55.2 Å². The molecule has 2 aliphatic carbocycles. The number of carbonyl (C=O) groups excluding carboxylic acids is 2. The fourth-order valence-electron chi connectivity index (χ4n) is 8.04. The lowest BCUT2D eigenvalue weighted by molar-refractivity contribution is 0.0882. The molecule has 8 nitrogen and oxygen atoms in total. The minimum absolute atomic E-state index is 0.00380. The van der Waals surface area contributed by atoms with E-state index in [4.69, 9.17) is 10.7 Å². The van der Waals surface area contributed by atoms with Crippen LogP contribution >= 0.6 is 0 Å². The molecular formula is C35H42N6O2. The smallest absolute Gasteiger partial charge is 0.271 e. The number of hydrogen-bond acceptors (Lipinski definition) is 7. The van der Waals surface area contributed by atoms with Crippen LogP contribution in [-0.2, 0) is 6.42 Å². The molecule has 8 heteroatoms. The third-order valence-corrected chi connectivity index (χ3v) is 10.4. The summed E-state index contributed by atoms with van der Waals surface area (Å²) in [5, 5.41) is 3.33. The van der Waals surface area contributed by atoms with Gasteiger partial charge in [0, 0.05) is 36.3 Å². The van der Waals surface area contributed by atoms with Gasteiger partial charge in [-0.15, -0.1) is 0 Å². The second-order valence-corrected chi connectivity index (χ2v) is 13.0. The van der Waals surface area contributed by atoms with E-state index in [1.165, 1.54) is 57.2 Å². The number of benzene rings is 2. The van der Waals surface area contributed by atoms with Crippen LogP contribution in [0.5, 0.6) is 0 Å². The number of likely N-dealkylation sites (tertiary alicyclic amines) is 1. The average molecular weight is 579 g/mol. The lowest BCUT2D eigenvalue weighted by atomic mass is 9.83. The van der Waals surface area contributed by atoms with Crippen molar-refractivity contribution in [3.8, 4) is 0 Å². The molecule has 1 saturated carbocycles. The van der Waals surface area contributed by atoms with Crippen molar-refractivity contribution in [1.82, 2.24) is 14.9 Å². The number of anilines is 3. The third-order valence-electron chi connectivity index (χ3n) is 10.4. The third kappa shape index (κ3) is 5.77. The molecule has 0 bridgehead atoms. The molecule has 3 aromatic rings. The SMILES string of the molecule is NC(=O)c1ncc(N2CCC[C@@H](C3Cc4ccccc4C3=O)C2)nc1Nc1ccc(C2CCN(C3CCCC3)CC2)cc1. The molecule has 1 amide bonds. The van der Waals surface area contributed by atoms with Gasteiger partial charge in [-0.1, -0.05) is 49.2 Å². The van der Waals surface area contributed by atoms with Gasteiger partial charge in [0.1, 0.15) is 5.82 Å². The number of fused-ring (bicyclic) bond motifs is 1. The van der Waals surface area contributed by atoms with Crippen LogP contribution in [0.1, 0.15) is 89.3 Å². The molecule has 0 spiro atoms. The zero-order valence-corrected chi connectivity index (χ0v) is 24.9. The number of Topliss-reactive ketones (excluding diaryl/α,β-unsaturated/α-hetero) is 1. The zero-order chi connectivity index (χ0) is 29.3. The number of aromatic nitrogens is 2. The highest BCUT2D eigenvalue weighted by molar-refractivity contribution is 6.02. The summed E-state index contributed by atoms with van der Waals surface area (Å²) in [6.07, 6.45) is 12.4. The van der Waals surface area contributed by atoms with Crippen LogP contribution in [0.4, 0.5) is 17.3 Å². The fraction of sp³-hybridized carbons (Fsp3) is 0.486. The summed E-state index contributed by atoms with van der Waals surface area (Å²) in [6.45, 7) is 3.96. The van der Waals surface area contributed by atoms with Crippen molar-refractivity contribution >= 4 is 29.0 Å². The highest BCUT2D eigenvalue weighted by atomic mass is 16.1. The first-order valence-electron chi connectivity index (χ1n) is 16.2. The van der Waals surface area contributed by atoms with Crippen LogP contribution in [0.15, 0.2) is 54.7 Å². The lowest BCUT2D eigenvalue weighted by Crippen LogP contribution is -2.40. The van der Waals surface area contributed by atoms with Crippen molar-refractivity contribution in [2.45, 2.75) is 69.7 Å². The van der Waals surface area contributed by atoms with E-state index in [-0.39, 0.29) is 23.3 Å². The van der Waals surface area contributed by atoms with Crippen molar-refractivity contribution in [1.29, 1.82) is 0 Å². The Morgan fingerprint density at radius 2 is 1.67 bits per heavy atom. The van der Waals surface area contributed by atoms with E-state index < -0.39 is 5.91 Å². The molecule has 2 saturated heterocycles. The van der Waals surface area contributed by atoms with Gasteiger partial charge in [-0.25, -0.2) is 9.97 Å². The van der Waals surface area contributed by atoms with Crippen molar-refractivity contribution in [2.75, 3.05) is 36.4 Å². The first-order valence-corrected chi connectivity index (χ1v) is 16.2. The van der Waals surface area contributed by atoms with Crippen molar-refractivity contribution in [3.63, 3.8) is 0 Å². The molecule has 2 aliphatic heterocycles. The van der Waals surface area contributed by atoms with Gasteiger partial charge >= 0.3 is 0 Å². The molecule has 3 fully saturated rings. The van der Waals surface area contributed by atoms with Gasteiger partial charge < -0.3 is 20.9 Å². The summed E-state index contributed by atoms with van der Waals surface area (Å²) in [6, 6.07) is 17.3. The van der Waals surface area contributed by atoms with Gasteiger partial charge in [-0.2, -0.15) is 0 Å². The topological polar surface area (TPSA) is 104 Å². The second-order valence-electron chi connectivity index (χ2n) is 13.0. The molecule has 7 rings (SSSR count). The van der Waals surface area contributed by atoms with Crippen LogP contribution in [0.2, 0.25) is 0 Å². The van der Waals surface area contributed by atoms with E-state index in [9.17, 15) is 9.59 Å². The number of hydrogen-bond donors (Lipinski definition) is 2. The van der Waals surface area contributed by atoms with E-state index in [1.807, 2.05) is 18.2 Å². The number of ketones is 1. The number of rotatable bonds is 7. The highest BCUT2D eigenvalue weighted by Crippen LogP contribution is 2.37.